The molecule has 2 aromatic rings. The van der Waals surface area contributed by atoms with Crippen LogP contribution in [0, 0.1) is 0 Å². The number of nitrogen functional groups attached to an aromatic ring is 1. The molecule has 0 radical (unpaired) electrons. The number of amides is 1. The normalized spacial score (nSPS) is 10.5. The van der Waals surface area contributed by atoms with E-state index >= 15 is 0 Å². The van der Waals surface area contributed by atoms with E-state index in [4.69, 9.17) is 10.5 Å². The van der Waals surface area contributed by atoms with Gasteiger partial charge in [0.2, 0.25) is 0 Å². The number of ether oxygens (including phenoxy) is 1. The van der Waals surface area contributed by atoms with E-state index in [1.54, 1.807) is 19.4 Å². The first-order valence-electron chi connectivity index (χ1n) is 6.49. The molecule has 1 heterocycles. The molecule has 0 aliphatic heterocycles. The fourth-order valence-corrected chi connectivity index (χ4v) is 2.09. The number of methoxy groups -OCH3 is 1. The molecule has 1 aromatic carbocycles. The van der Waals surface area contributed by atoms with Crippen molar-refractivity contribution in [3.63, 3.8) is 0 Å². The summed E-state index contributed by atoms with van der Waals surface area (Å²) >= 11 is 0. The minimum Gasteiger partial charge on any atom is -0.397 e. The standard InChI is InChI=1S/C15H19N3O2/c1-3-18-9-12(16)8-14(18)15(19)17-13-6-4-5-11(7-13)10-20-2/h4-9H,3,10,16H2,1-2H3,(H,17,19). The first-order chi connectivity index (χ1) is 9.63. The van der Waals surface area contributed by atoms with Gasteiger partial charge in [0.1, 0.15) is 5.69 Å². The number of hydrogen-bond donors (Lipinski definition) is 2. The molecule has 0 saturated carbocycles. The van der Waals surface area contributed by atoms with Gasteiger partial charge in [-0.2, -0.15) is 0 Å². The predicted octanol–water partition coefficient (Wildman–Crippen LogP) is 2.49. The van der Waals surface area contributed by atoms with Crippen molar-refractivity contribution in [3.05, 3.63) is 47.8 Å². The lowest BCUT2D eigenvalue weighted by atomic mass is 10.2. The summed E-state index contributed by atoms with van der Waals surface area (Å²) in [7, 11) is 1.64. The van der Waals surface area contributed by atoms with Gasteiger partial charge >= 0.3 is 0 Å². The summed E-state index contributed by atoms with van der Waals surface area (Å²) in [5.74, 6) is -0.168. The van der Waals surface area contributed by atoms with Crippen LogP contribution in [-0.2, 0) is 17.9 Å². The third kappa shape index (κ3) is 3.19. The molecule has 5 nitrogen and oxygen atoms in total. The number of nitrogens with one attached hydrogen (secondary N) is 1. The Morgan fingerprint density at radius 2 is 2.20 bits per heavy atom. The SMILES string of the molecule is CCn1cc(N)cc1C(=O)Nc1cccc(COC)c1. The van der Waals surface area contributed by atoms with E-state index in [0.29, 0.717) is 24.5 Å². The molecule has 0 fully saturated rings. The van der Waals surface area contributed by atoms with E-state index in [0.717, 1.165) is 11.3 Å². The van der Waals surface area contributed by atoms with E-state index in [2.05, 4.69) is 5.32 Å². The Balaban J connectivity index is 2.16. The number of carbonyl (C=O) groups excluding carboxylic acids is 1. The largest absolute Gasteiger partial charge is 0.397 e. The van der Waals surface area contributed by atoms with Crippen molar-refractivity contribution in [2.24, 2.45) is 0 Å². The summed E-state index contributed by atoms with van der Waals surface area (Å²) in [5.41, 5.74) is 8.63. The Hall–Kier alpha value is -2.27. The second kappa shape index (κ2) is 6.25. The van der Waals surface area contributed by atoms with E-state index in [1.807, 2.05) is 35.8 Å². The van der Waals surface area contributed by atoms with Crippen molar-refractivity contribution in [2.45, 2.75) is 20.1 Å². The molecule has 2 rings (SSSR count). The van der Waals surface area contributed by atoms with Crippen molar-refractivity contribution in [3.8, 4) is 0 Å². The first kappa shape index (κ1) is 14.1. The zero-order chi connectivity index (χ0) is 14.5. The van der Waals surface area contributed by atoms with E-state index < -0.39 is 0 Å². The smallest absolute Gasteiger partial charge is 0.272 e. The Bertz CT molecular complexity index is 605. The van der Waals surface area contributed by atoms with E-state index in [1.165, 1.54) is 0 Å². The lowest BCUT2D eigenvalue weighted by Gasteiger charge is -2.09. The van der Waals surface area contributed by atoms with Crippen LogP contribution in [0.1, 0.15) is 23.0 Å². The maximum absolute atomic E-state index is 12.3. The van der Waals surface area contributed by atoms with Crippen LogP contribution >= 0.6 is 0 Å². The summed E-state index contributed by atoms with van der Waals surface area (Å²) in [6.07, 6.45) is 1.76. The quantitative estimate of drug-likeness (QED) is 0.879. The molecule has 0 aliphatic carbocycles. The molecule has 1 aromatic heterocycles. The Labute approximate surface area is 118 Å². The average Bonchev–Trinajstić information content (AvgIpc) is 2.81. The molecule has 1 amide bonds. The van der Waals surface area contributed by atoms with Gasteiger partial charge in [0.15, 0.2) is 0 Å². The molecule has 106 valence electrons. The molecule has 0 bridgehead atoms. The van der Waals surface area contributed by atoms with Crippen LogP contribution < -0.4 is 11.1 Å². The van der Waals surface area contributed by atoms with Crippen molar-refractivity contribution in [1.82, 2.24) is 4.57 Å². The molecule has 0 saturated heterocycles. The minimum atomic E-state index is -0.168. The fraction of sp³-hybridized carbons (Fsp3) is 0.267. The van der Waals surface area contributed by atoms with Gasteiger partial charge in [0.25, 0.3) is 5.91 Å². The van der Waals surface area contributed by atoms with Gasteiger partial charge in [-0.15, -0.1) is 0 Å². The fourth-order valence-electron chi connectivity index (χ4n) is 2.09. The summed E-state index contributed by atoms with van der Waals surface area (Å²) in [6, 6.07) is 9.25. The molecule has 0 unspecified atom stereocenters. The number of anilines is 2. The number of benzene rings is 1. The summed E-state index contributed by atoms with van der Waals surface area (Å²) in [4.78, 5) is 12.3. The lowest BCUT2D eigenvalue weighted by molar-refractivity contribution is 0.101. The number of aromatic nitrogens is 1. The third-order valence-corrected chi connectivity index (χ3v) is 2.99. The predicted molar refractivity (Wildman–Crippen MR) is 79.6 cm³/mol. The monoisotopic (exact) mass is 273 g/mol. The lowest BCUT2D eigenvalue weighted by Crippen LogP contribution is -2.16. The highest BCUT2D eigenvalue weighted by molar-refractivity contribution is 6.03. The number of hydrogen-bond acceptors (Lipinski definition) is 3. The molecule has 0 spiro atoms. The Morgan fingerprint density at radius 3 is 2.90 bits per heavy atom. The van der Waals surface area contributed by atoms with Crippen molar-refractivity contribution >= 4 is 17.3 Å². The zero-order valence-corrected chi connectivity index (χ0v) is 11.7. The molecule has 20 heavy (non-hydrogen) atoms. The van der Waals surface area contributed by atoms with Crippen LogP contribution in [-0.4, -0.2) is 17.6 Å². The highest BCUT2D eigenvalue weighted by Gasteiger charge is 2.12. The summed E-state index contributed by atoms with van der Waals surface area (Å²) < 4.78 is 6.90. The Morgan fingerprint density at radius 1 is 1.40 bits per heavy atom. The molecular weight excluding hydrogens is 254 g/mol. The van der Waals surface area contributed by atoms with Crippen LogP contribution in [0.4, 0.5) is 11.4 Å². The van der Waals surface area contributed by atoms with Crippen molar-refractivity contribution in [2.75, 3.05) is 18.2 Å². The van der Waals surface area contributed by atoms with Crippen LogP contribution in [0.2, 0.25) is 0 Å². The molecule has 0 aliphatic rings. The number of nitrogens with zero attached hydrogens (tertiary/aromatic N) is 1. The summed E-state index contributed by atoms with van der Waals surface area (Å²) in [5, 5.41) is 2.87. The maximum Gasteiger partial charge on any atom is 0.272 e. The summed E-state index contributed by atoms with van der Waals surface area (Å²) in [6.45, 7) is 3.18. The van der Waals surface area contributed by atoms with Gasteiger partial charge < -0.3 is 20.4 Å². The highest BCUT2D eigenvalue weighted by atomic mass is 16.5. The molecule has 5 heteroatoms. The van der Waals surface area contributed by atoms with E-state index in [9.17, 15) is 4.79 Å². The second-order valence-corrected chi connectivity index (χ2v) is 4.53. The van der Waals surface area contributed by atoms with Gasteiger partial charge in [-0.3, -0.25) is 4.79 Å². The van der Waals surface area contributed by atoms with Crippen molar-refractivity contribution in [1.29, 1.82) is 0 Å². The number of nitrogens with two attached hydrogens (primary N) is 1. The van der Waals surface area contributed by atoms with Gasteiger partial charge in [-0.25, -0.2) is 0 Å². The van der Waals surface area contributed by atoms with Gasteiger partial charge in [-0.05, 0) is 30.7 Å². The highest BCUT2D eigenvalue weighted by Crippen LogP contribution is 2.15. The molecular formula is C15H19N3O2. The first-order valence-corrected chi connectivity index (χ1v) is 6.49. The van der Waals surface area contributed by atoms with E-state index in [-0.39, 0.29) is 5.91 Å². The van der Waals surface area contributed by atoms with Crippen LogP contribution in [0.3, 0.4) is 0 Å². The topological polar surface area (TPSA) is 69.3 Å². The third-order valence-electron chi connectivity index (χ3n) is 2.99. The van der Waals surface area contributed by atoms with Crippen LogP contribution in [0.25, 0.3) is 0 Å². The Kier molecular flexibility index (Phi) is 4.42. The van der Waals surface area contributed by atoms with Gasteiger partial charge in [0, 0.05) is 25.5 Å². The molecule has 3 N–H and O–H groups in total. The van der Waals surface area contributed by atoms with Crippen molar-refractivity contribution < 1.29 is 9.53 Å². The number of rotatable bonds is 5. The van der Waals surface area contributed by atoms with Gasteiger partial charge in [0.05, 0.1) is 12.3 Å². The van der Waals surface area contributed by atoms with Gasteiger partial charge in [-0.1, -0.05) is 12.1 Å². The van der Waals surface area contributed by atoms with Crippen LogP contribution in [0.5, 0.6) is 0 Å². The maximum atomic E-state index is 12.3. The van der Waals surface area contributed by atoms with Crippen LogP contribution in [0.15, 0.2) is 36.5 Å². The molecule has 0 atom stereocenters. The average molecular weight is 273 g/mol. The second-order valence-electron chi connectivity index (χ2n) is 4.53. The zero-order valence-electron chi connectivity index (χ0n) is 11.7. The number of aryl methyl sites for hydroxylation is 1. The number of carbonyl (C=O) groups is 1. The minimum absolute atomic E-state index is 0.168.